The van der Waals surface area contributed by atoms with Gasteiger partial charge in [-0.15, -0.1) is 0 Å². The van der Waals surface area contributed by atoms with E-state index < -0.39 is 0 Å². The van der Waals surface area contributed by atoms with Gasteiger partial charge in [0.25, 0.3) is 0 Å². The largest absolute Gasteiger partial charge is 0.384 e. The lowest BCUT2D eigenvalue weighted by Gasteiger charge is -2.21. The van der Waals surface area contributed by atoms with Crippen LogP contribution in [0.4, 0.5) is 0 Å². The summed E-state index contributed by atoms with van der Waals surface area (Å²) >= 11 is 0. The lowest BCUT2D eigenvalue weighted by molar-refractivity contribution is -0.113. The molecular formula is C12H24O2. The Balaban J connectivity index is 4.04. The van der Waals surface area contributed by atoms with Gasteiger partial charge in [-0.2, -0.15) is 0 Å². The number of unbranched alkanes of at least 4 members (excludes halogenated alkanes) is 1. The third-order valence-electron chi connectivity index (χ3n) is 2.71. The molecule has 0 radical (unpaired) electrons. The third kappa shape index (κ3) is 5.38. The fourth-order valence-corrected chi connectivity index (χ4v) is 1.85. The van der Waals surface area contributed by atoms with Gasteiger partial charge in [0.05, 0.1) is 0 Å². The van der Waals surface area contributed by atoms with Crippen molar-refractivity contribution in [2.24, 2.45) is 11.8 Å². The zero-order valence-corrected chi connectivity index (χ0v) is 9.79. The summed E-state index contributed by atoms with van der Waals surface area (Å²) in [6, 6.07) is 0. The Morgan fingerprint density at radius 2 is 1.93 bits per heavy atom. The first kappa shape index (κ1) is 13.6. The molecule has 2 atom stereocenters. The van der Waals surface area contributed by atoms with E-state index in [9.17, 15) is 4.79 Å². The summed E-state index contributed by atoms with van der Waals surface area (Å²) in [5.41, 5.74) is 0. The van der Waals surface area contributed by atoms with Crippen molar-refractivity contribution in [3.8, 4) is 0 Å². The number of rotatable bonds is 9. The molecule has 0 aromatic carbocycles. The van der Waals surface area contributed by atoms with E-state index in [1.807, 2.05) is 0 Å². The molecule has 0 heterocycles. The molecule has 0 fully saturated rings. The van der Waals surface area contributed by atoms with Crippen LogP contribution in [0.25, 0.3) is 0 Å². The van der Waals surface area contributed by atoms with Gasteiger partial charge in [-0.25, -0.2) is 0 Å². The van der Waals surface area contributed by atoms with E-state index in [4.69, 9.17) is 4.74 Å². The Morgan fingerprint density at radius 3 is 2.36 bits per heavy atom. The lowest BCUT2D eigenvalue weighted by atomic mass is 9.86. The number of ether oxygens (including phenoxy) is 1. The van der Waals surface area contributed by atoms with Crippen LogP contribution in [0.3, 0.4) is 0 Å². The summed E-state index contributed by atoms with van der Waals surface area (Å²) in [4.78, 5) is 10.9. The summed E-state index contributed by atoms with van der Waals surface area (Å²) in [7, 11) is 1.72. The van der Waals surface area contributed by atoms with Crippen LogP contribution in [0.2, 0.25) is 0 Å². The molecule has 0 aromatic rings. The first-order valence-corrected chi connectivity index (χ1v) is 5.74. The molecule has 0 rings (SSSR count). The number of methoxy groups -OCH3 is 1. The Morgan fingerprint density at radius 1 is 1.21 bits per heavy atom. The van der Waals surface area contributed by atoms with Gasteiger partial charge in [0, 0.05) is 19.6 Å². The maximum absolute atomic E-state index is 10.9. The van der Waals surface area contributed by atoms with Crippen molar-refractivity contribution in [1.29, 1.82) is 0 Å². The molecule has 2 unspecified atom stereocenters. The molecule has 84 valence electrons. The zero-order valence-electron chi connectivity index (χ0n) is 9.79. The molecule has 0 spiro atoms. The Bertz CT molecular complexity index is 134. The van der Waals surface area contributed by atoms with Crippen LogP contribution in [0.5, 0.6) is 0 Å². The van der Waals surface area contributed by atoms with Crippen LogP contribution in [-0.4, -0.2) is 20.0 Å². The average Bonchev–Trinajstić information content (AvgIpc) is 2.21. The molecule has 0 aromatic heterocycles. The van der Waals surface area contributed by atoms with E-state index in [-0.39, 0.29) is 5.92 Å². The first-order chi connectivity index (χ1) is 6.79. The molecule has 0 amide bonds. The van der Waals surface area contributed by atoms with Crippen LogP contribution in [0, 0.1) is 11.8 Å². The molecule has 0 aliphatic carbocycles. The van der Waals surface area contributed by atoms with Crippen molar-refractivity contribution in [2.45, 2.75) is 46.0 Å². The summed E-state index contributed by atoms with van der Waals surface area (Å²) < 4.78 is 5.17. The smallest absolute Gasteiger partial charge is 0.123 e. The molecule has 14 heavy (non-hydrogen) atoms. The van der Waals surface area contributed by atoms with E-state index in [1.165, 1.54) is 12.8 Å². The number of hydrogen-bond donors (Lipinski definition) is 0. The van der Waals surface area contributed by atoms with E-state index >= 15 is 0 Å². The average molecular weight is 200 g/mol. The van der Waals surface area contributed by atoms with Gasteiger partial charge in [0.2, 0.25) is 0 Å². The highest BCUT2D eigenvalue weighted by Gasteiger charge is 2.19. The third-order valence-corrected chi connectivity index (χ3v) is 2.71. The minimum absolute atomic E-state index is 0.200. The normalized spacial score (nSPS) is 15.1. The van der Waals surface area contributed by atoms with Gasteiger partial charge in [-0.05, 0) is 18.8 Å². The van der Waals surface area contributed by atoms with Gasteiger partial charge in [0.1, 0.15) is 6.29 Å². The fourth-order valence-electron chi connectivity index (χ4n) is 1.85. The second-order valence-corrected chi connectivity index (χ2v) is 3.95. The predicted molar refractivity (Wildman–Crippen MR) is 59.4 cm³/mol. The quantitative estimate of drug-likeness (QED) is 0.535. The molecule has 2 heteroatoms. The first-order valence-electron chi connectivity index (χ1n) is 5.74. The van der Waals surface area contributed by atoms with Crippen molar-refractivity contribution in [3.63, 3.8) is 0 Å². The molecule has 0 saturated carbocycles. The highest BCUT2D eigenvalue weighted by atomic mass is 16.5. The van der Waals surface area contributed by atoms with Crippen molar-refractivity contribution >= 4 is 6.29 Å². The van der Waals surface area contributed by atoms with Crippen LogP contribution < -0.4 is 0 Å². The highest BCUT2D eigenvalue weighted by Crippen LogP contribution is 2.21. The standard InChI is InChI=1S/C12H24O2/c1-4-6-8-12(10-14-3)11(9-13)7-5-2/h9,11-12H,4-8,10H2,1-3H3. The maximum Gasteiger partial charge on any atom is 0.123 e. The highest BCUT2D eigenvalue weighted by molar-refractivity contribution is 5.53. The number of carbonyl (C=O) groups excluding carboxylic acids is 1. The van der Waals surface area contributed by atoms with E-state index in [0.717, 1.165) is 32.2 Å². The predicted octanol–water partition coefficient (Wildman–Crippen LogP) is 3.05. The molecule has 0 saturated heterocycles. The van der Waals surface area contributed by atoms with Crippen LogP contribution in [0.15, 0.2) is 0 Å². The topological polar surface area (TPSA) is 26.3 Å². The summed E-state index contributed by atoms with van der Waals surface area (Å²) in [6.07, 6.45) is 6.70. The molecule has 0 aliphatic heterocycles. The maximum atomic E-state index is 10.9. The van der Waals surface area contributed by atoms with Crippen molar-refractivity contribution < 1.29 is 9.53 Å². The molecule has 0 bridgehead atoms. The van der Waals surface area contributed by atoms with Gasteiger partial charge >= 0.3 is 0 Å². The molecule has 0 N–H and O–H groups in total. The van der Waals surface area contributed by atoms with Gasteiger partial charge < -0.3 is 9.53 Å². The molecule has 0 aliphatic rings. The summed E-state index contributed by atoms with van der Waals surface area (Å²) in [6.45, 7) is 5.03. The summed E-state index contributed by atoms with van der Waals surface area (Å²) in [5.74, 6) is 0.629. The second-order valence-electron chi connectivity index (χ2n) is 3.95. The SMILES string of the molecule is CCCCC(COC)C(C=O)CCC. The Labute approximate surface area is 88.0 Å². The monoisotopic (exact) mass is 200 g/mol. The molecule has 2 nitrogen and oxygen atoms in total. The molecular weight excluding hydrogens is 176 g/mol. The van der Waals surface area contributed by atoms with Crippen molar-refractivity contribution in [3.05, 3.63) is 0 Å². The Hall–Kier alpha value is -0.370. The van der Waals surface area contributed by atoms with Gasteiger partial charge in [-0.1, -0.05) is 33.1 Å². The van der Waals surface area contributed by atoms with Crippen molar-refractivity contribution in [2.75, 3.05) is 13.7 Å². The summed E-state index contributed by atoms with van der Waals surface area (Å²) in [5, 5.41) is 0. The Kier molecular flexibility index (Phi) is 8.95. The number of carbonyl (C=O) groups is 1. The zero-order chi connectivity index (χ0) is 10.8. The number of aldehydes is 1. The lowest BCUT2D eigenvalue weighted by Crippen LogP contribution is -2.21. The van der Waals surface area contributed by atoms with Crippen LogP contribution >= 0.6 is 0 Å². The van der Waals surface area contributed by atoms with Crippen molar-refractivity contribution in [1.82, 2.24) is 0 Å². The fraction of sp³-hybridized carbons (Fsp3) is 0.917. The van der Waals surface area contributed by atoms with E-state index in [2.05, 4.69) is 13.8 Å². The minimum atomic E-state index is 0.200. The second kappa shape index (κ2) is 9.20. The van der Waals surface area contributed by atoms with Crippen LogP contribution in [-0.2, 0) is 9.53 Å². The van der Waals surface area contributed by atoms with E-state index in [0.29, 0.717) is 5.92 Å². The van der Waals surface area contributed by atoms with Crippen LogP contribution in [0.1, 0.15) is 46.0 Å². The minimum Gasteiger partial charge on any atom is -0.384 e. The van der Waals surface area contributed by atoms with Gasteiger partial charge in [0.15, 0.2) is 0 Å². The van der Waals surface area contributed by atoms with E-state index in [1.54, 1.807) is 7.11 Å². The van der Waals surface area contributed by atoms with Gasteiger partial charge in [-0.3, -0.25) is 0 Å². The number of hydrogen-bond acceptors (Lipinski definition) is 2.